The highest BCUT2D eigenvalue weighted by molar-refractivity contribution is 9.09. The normalized spacial score (nSPS) is 51.2. The Morgan fingerprint density at radius 1 is 1.33 bits per heavy atom. The summed E-state index contributed by atoms with van der Waals surface area (Å²) in [5.41, 5.74) is 0.423. The van der Waals surface area contributed by atoms with Gasteiger partial charge in [0.1, 0.15) is 0 Å². The maximum absolute atomic E-state index is 6.12. The van der Waals surface area contributed by atoms with E-state index in [1.54, 1.807) is 0 Å². The van der Waals surface area contributed by atoms with Gasteiger partial charge in [0.05, 0.1) is 11.7 Å². The van der Waals surface area contributed by atoms with Crippen LogP contribution in [0.25, 0.3) is 0 Å². The van der Waals surface area contributed by atoms with Gasteiger partial charge in [-0.1, -0.05) is 29.8 Å². The zero-order chi connectivity index (χ0) is 10.8. The molecule has 15 heavy (non-hydrogen) atoms. The molecule has 84 valence electrons. The predicted molar refractivity (Wildman–Crippen MR) is 63.9 cm³/mol. The summed E-state index contributed by atoms with van der Waals surface area (Å²) in [7, 11) is -0.0323. The summed E-state index contributed by atoms with van der Waals surface area (Å²) in [6.07, 6.45) is 2.85. The quantitative estimate of drug-likeness (QED) is 0.540. The van der Waals surface area contributed by atoms with Crippen molar-refractivity contribution in [1.82, 2.24) is 0 Å². The molecule has 0 unspecified atom stereocenters. The Balaban J connectivity index is 1.89. The molecule has 2 bridgehead atoms. The molecule has 4 fully saturated rings. The van der Waals surface area contributed by atoms with Crippen molar-refractivity contribution in [2.24, 2.45) is 17.3 Å². The molecule has 1 heterocycles. The lowest BCUT2D eigenvalue weighted by Gasteiger charge is -2.64. The molecule has 4 heteroatoms. The van der Waals surface area contributed by atoms with Gasteiger partial charge in [0.2, 0.25) is 0 Å². The number of halogens is 1. The monoisotopic (exact) mass is 272 g/mol. The minimum Gasteiger partial charge on any atom is -0.405 e. The van der Waals surface area contributed by atoms with Gasteiger partial charge < -0.3 is 9.31 Å². The van der Waals surface area contributed by atoms with Crippen molar-refractivity contribution in [2.75, 3.05) is 5.23 Å². The molecule has 0 aromatic heterocycles. The number of rotatable bonds is 1. The molecule has 3 saturated carbocycles. The van der Waals surface area contributed by atoms with Crippen molar-refractivity contribution in [2.45, 2.75) is 45.3 Å². The molecule has 4 aliphatic rings. The van der Waals surface area contributed by atoms with Crippen molar-refractivity contribution in [1.29, 1.82) is 0 Å². The summed E-state index contributed by atoms with van der Waals surface area (Å²) in [4.78, 5) is 0. The van der Waals surface area contributed by atoms with E-state index in [0.717, 1.165) is 11.1 Å². The van der Waals surface area contributed by atoms with Gasteiger partial charge in [-0.3, -0.25) is 0 Å². The van der Waals surface area contributed by atoms with Crippen molar-refractivity contribution in [3.8, 4) is 0 Å². The lowest BCUT2D eigenvalue weighted by molar-refractivity contribution is -0.199. The first-order valence-corrected chi connectivity index (χ1v) is 7.00. The van der Waals surface area contributed by atoms with Crippen LogP contribution in [0.3, 0.4) is 0 Å². The SMILES string of the molecule is CC1(C)[C@@H]2C[C@@H]3OB(CBr)O[C@]3(C)[C@H]1C2. The molecule has 4 rings (SSSR count). The first kappa shape index (κ1) is 10.6. The van der Waals surface area contributed by atoms with Gasteiger partial charge in [-0.25, -0.2) is 0 Å². The van der Waals surface area contributed by atoms with Gasteiger partial charge in [-0.05, 0) is 37.0 Å². The average Bonchev–Trinajstić information content (AvgIpc) is 2.53. The highest BCUT2D eigenvalue weighted by Gasteiger charge is 2.67. The maximum Gasteiger partial charge on any atom is 0.468 e. The number of hydrogen-bond acceptors (Lipinski definition) is 2. The highest BCUT2D eigenvalue weighted by atomic mass is 79.9. The van der Waals surface area contributed by atoms with Gasteiger partial charge in [-0.15, -0.1) is 0 Å². The third-order valence-corrected chi connectivity index (χ3v) is 5.66. The van der Waals surface area contributed by atoms with Gasteiger partial charge >= 0.3 is 7.12 Å². The van der Waals surface area contributed by atoms with Crippen LogP contribution in [0.5, 0.6) is 0 Å². The minimum absolute atomic E-state index is 0.0311. The number of alkyl halides is 1. The number of hydrogen-bond donors (Lipinski definition) is 0. The lowest BCUT2D eigenvalue weighted by atomic mass is 9.43. The minimum atomic E-state index is -0.0323. The van der Waals surface area contributed by atoms with Crippen molar-refractivity contribution in [3.63, 3.8) is 0 Å². The fourth-order valence-corrected chi connectivity index (χ4v) is 4.30. The molecule has 0 radical (unpaired) electrons. The molecule has 0 N–H and O–H groups in total. The largest absolute Gasteiger partial charge is 0.468 e. The van der Waals surface area contributed by atoms with Crippen molar-refractivity contribution >= 4 is 23.0 Å². The van der Waals surface area contributed by atoms with Crippen LogP contribution in [0.2, 0.25) is 0 Å². The van der Waals surface area contributed by atoms with Crippen LogP contribution in [0.15, 0.2) is 0 Å². The van der Waals surface area contributed by atoms with Crippen molar-refractivity contribution in [3.05, 3.63) is 0 Å². The van der Waals surface area contributed by atoms with E-state index >= 15 is 0 Å². The van der Waals surface area contributed by atoms with E-state index in [0.29, 0.717) is 17.4 Å². The summed E-state index contributed by atoms with van der Waals surface area (Å²) >= 11 is 3.45. The van der Waals surface area contributed by atoms with E-state index in [4.69, 9.17) is 9.31 Å². The van der Waals surface area contributed by atoms with Crippen LogP contribution in [-0.2, 0) is 9.31 Å². The first-order valence-electron chi connectivity index (χ1n) is 5.87. The Morgan fingerprint density at radius 3 is 2.67 bits per heavy atom. The van der Waals surface area contributed by atoms with Gasteiger partial charge in [0.15, 0.2) is 0 Å². The molecule has 0 aromatic rings. The zero-order valence-electron chi connectivity index (χ0n) is 9.63. The molecule has 0 amide bonds. The summed E-state index contributed by atoms with van der Waals surface area (Å²) < 4.78 is 12.1. The first-order chi connectivity index (χ1) is 6.98. The average molecular weight is 273 g/mol. The van der Waals surface area contributed by atoms with E-state index in [9.17, 15) is 0 Å². The molecule has 0 aromatic carbocycles. The second kappa shape index (κ2) is 3.02. The van der Waals surface area contributed by atoms with E-state index in [1.165, 1.54) is 12.8 Å². The zero-order valence-corrected chi connectivity index (χ0v) is 11.2. The summed E-state index contributed by atoms with van der Waals surface area (Å²) in [5.74, 6) is 1.52. The molecule has 1 saturated heterocycles. The summed E-state index contributed by atoms with van der Waals surface area (Å²) in [6, 6.07) is 0. The standard InChI is InChI=1S/C11H18BBrO2/c1-10(2)7-4-8(10)11(3)9(5-7)14-12(6-13)15-11/h7-9H,4-6H2,1-3H3/t7-,8-,9-,11+/m0/s1. The summed E-state index contributed by atoms with van der Waals surface area (Å²) in [5, 5.41) is 0.789. The van der Waals surface area contributed by atoms with Gasteiger partial charge in [-0.2, -0.15) is 0 Å². The maximum atomic E-state index is 6.12. The Morgan fingerprint density at radius 2 is 2.07 bits per heavy atom. The molecule has 2 nitrogen and oxygen atoms in total. The lowest BCUT2D eigenvalue weighted by Crippen LogP contribution is -2.65. The molecular weight excluding hydrogens is 255 g/mol. The van der Waals surface area contributed by atoms with Crippen LogP contribution in [0.4, 0.5) is 0 Å². The van der Waals surface area contributed by atoms with Crippen LogP contribution in [0.1, 0.15) is 33.6 Å². The fraction of sp³-hybridized carbons (Fsp3) is 1.00. The van der Waals surface area contributed by atoms with Crippen LogP contribution in [-0.4, -0.2) is 24.1 Å². The van der Waals surface area contributed by atoms with Crippen LogP contribution < -0.4 is 0 Å². The molecular formula is C11H18BBrO2. The van der Waals surface area contributed by atoms with E-state index in [-0.39, 0.29) is 12.7 Å². The van der Waals surface area contributed by atoms with Crippen LogP contribution in [0, 0.1) is 17.3 Å². The fourth-order valence-electron chi connectivity index (χ4n) is 4.02. The third kappa shape index (κ3) is 1.19. The topological polar surface area (TPSA) is 18.5 Å². The molecule has 1 aliphatic heterocycles. The van der Waals surface area contributed by atoms with Crippen LogP contribution >= 0.6 is 15.9 Å². The molecule has 4 atom stereocenters. The Bertz CT molecular complexity index is 296. The smallest absolute Gasteiger partial charge is 0.405 e. The van der Waals surface area contributed by atoms with E-state index in [2.05, 4.69) is 36.7 Å². The second-order valence-electron chi connectivity index (χ2n) is 6.05. The molecule has 3 aliphatic carbocycles. The Kier molecular flexibility index (Phi) is 2.14. The highest BCUT2D eigenvalue weighted by Crippen LogP contribution is 2.65. The predicted octanol–water partition coefficient (Wildman–Crippen LogP) is 2.65. The second-order valence-corrected chi connectivity index (χ2v) is 6.70. The van der Waals surface area contributed by atoms with Crippen molar-refractivity contribution < 1.29 is 9.31 Å². The van der Waals surface area contributed by atoms with Gasteiger partial charge in [0, 0.05) is 5.23 Å². The Labute approximate surface area is 100 Å². The van der Waals surface area contributed by atoms with E-state index in [1.807, 2.05) is 0 Å². The summed E-state index contributed by atoms with van der Waals surface area (Å²) in [6.45, 7) is 7.03. The van der Waals surface area contributed by atoms with Gasteiger partial charge in [0.25, 0.3) is 0 Å². The van der Waals surface area contributed by atoms with E-state index < -0.39 is 0 Å². The Hall–Kier alpha value is 0.465. The third-order valence-electron chi connectivity index (χ3n) is 5.13. The molecule has 0 spiro atoms.